The van der Waals surface area contributed by atoms with Crippen molar-refractivity contribution in [3.05, 3.63) is 29.8 Å². The van der Waals surface area contributed by atoms with Crippen LogP contribution in [0.1, 0.15) is 26.3 Å². The van der Waals surface area contributed by atoms with Gasteiger partial charge in [0.25, 0.3) is 0 Å². The quantitative estimate of drug-likeness (QED) is 0.519. The fourth-order valence-electron chi connectivity index (χ4n) is 2.80. The van der Waals surface area contributed by atoms with Gasteiger partial charge in [-0.3, -0.25) is 9.89 Å². The van der Waals surface area contributed by atoms with E-state index in [0.717, 1.165) is 70.6 Å². The highest BCUT2D eigenvalue weighted by molar-refractivity contribution is 5.79. The molecule has 2 N–H and O–H groups in total. The Kier molecular flexibility index (Phi) is 9.28. The molecule has 1 aromatic rings. The van der Waals surface area contributed by atoms with Gasteiger partial charge < -0.3 is 20.1 Å². The molecule has 0 unspecified atom stereocenters. The molecule has 0 bridgehead atoms. The monoisotopic (exact) mass is 362 g/mol. The summed E-state index contributed by atoms with van der Waals surface area (Å²) in [5.74, 6) is 1.82. The highest BCUT2D eigenvalue weighted by Crippen LogP contribution is 2.13. The lowest BCUT2D eigenvalue weighted by Crippen LogP contribution is -2.40. The SMILES string of the molecule is CCNC(=NCCN1CCOCC1)NCCc1ccc(OC(C)C)cc1. The van der Waals surface area contributed by atoms with Crippen LogP contribution in [-0.4, -0.2) is 69.4 Å². The molecule has 0 radical (unpaired) electrons. The molecular weight excluding hydrogens is 328 g/mol. The van der Waals surface area contributed by atoms with Crippen LogP contribution in [0.15, 0.2) is 29.3 Å². The third-order valence-corrected chi connectivity index (χ3v) is 4.14. The zero-order valence-electron chi connectivity index (χ0n) is 16.5. The summed E-state index contributed by atoms with van der Waals surface area (Å²) in [4.78, 5) is 7.08. The van der Waals surface area contributed by atoms with Gasteiger partial charge in [-0.15, -0.1) is 0 Å². The Hall–Kier alpha value is -1.79. The van der Waals surface area contributed by atoms with Crippen LogP contribution in [0, 0.1) is 0 Å². The van der Waals surface area contributed by atoms with E-state index in [1.165, 1.54) is 5.56 Å². The number of guanidine groups is 1. The van der Waals surface area contributed by atoms with Crippen LogP contribution in [0.2, 0.25) is 0 Å². The smallest absolute Gasteiger partial charge is 0.191 e. The molecule has 1 fully saturated rings. The normalized spacial score (nSPS) is 15.9. The van der Waals surface area contributed by atoms with Crippen molar-refractivity contribution in [1.82, 2.24) is 15.5 Å². The summed E-state index contributed by atoms with van der Waals surface area (Å²) in [6, 6.07) is 8.33. The maximum absolute atomic E-state index is 5.68. The largest absolute Gasteiger partial charge is 0.491 e. The standard InChI is InChI=1S/C20H34N4O2/c1-4-21-20(23-11-12-24-13-15-25-16-14-24)22-10-9-18-5-7-19(8-6-18)26-17(2)3/h5-8,17H,4,9-16H2,1-3H3,(H2,21,22,23). The Balaban J connectivity index is 1.72. The van der Waals surface area contributed by atoms with Crippen LogP contribution in [0.4, 0.5) is 0 Å². The molecular formula is C20H34N4O2. The molecule has 0 spiro atoms. The Morgan fingerprint density at radius 2 is 1.92 bits per heavy atom. The van der Waals surface area contributed by atoms with E-state index in [1.54, 1.807) is 0 Å². The first-order valence-electron chi connectivity index (χ1n) is 9.75. The van der Waals surface area contributed by atoms with Gasteiger partial charge in [0.2, 0.25) is 0 Å². The summed E-state index contributed by atoms with van der Waals surface area (Å²) >= 11 is 0. The van der Waals surface area contributed by atoms with Crippen molar-refractivity contribution in [3.63, 3.8) is 0 Å². The Morgan fingerprint density at radius 3 is 2.58 bits per heavy atom. The lowest BCUT2D eigenvalue weighted by molar-refractivity contribution is 0.0394. The van der Waals surface area contributed by atoms with Crippen LogP contribution in [-0.2, 0) is 11.2 Å². The molecule has 1 heterocycles. The molecule has 0 aliphatic carbocycles. The average molecular weight is 363 g/mol. The van der Waals surface area contributed by atoms with E-state index in [2.05, 4.69) is 39.6 Å². The fraction of sp³-hybridized carbons (Fsp3) is 0.650. The molecule has 26 heavy (non-hydrogen) atoms. The molecule has 1 saturated heterocycles. The number of morpholine rings is 1. The third kappa shape index (κ3) is 8.06. The maximum Gasteiger partial charge on any atom is 0.191 e. The second-order valence-corrected chi connectivity index (χ2v) is 6.70. The van der Waals surface area contributed by atoms with E-state index >= 15 is 0 Å². The first-order valence-corrected chi connectivity index (χ1v) is 9.75. The first kappa shape index (κ1) is 20.5. The van der Waals surface area contributed by atoms with Crippen molar-refractivity contribution in [2.24, 2.45) is 4.99 Å². The number of nitrogens with one attached hydrogen (secondary N) is 2. The minimum absolute atomic E-state index is 0.207. The van der Waals surface area contributed by atoms with Crippen LogP contribution in [0.5, 0.6) is 5.75 Å². The number of hydrogen-bond donors (Lipinski definition) is 2. The predicted molar refractivity (Wildman–Crippen MR) is 107 cm³/mol. The van der Waals surface area contributed by atoms with E-state index < -0.39 is 0 Å². The number of rotatable bonds is 9. The summed E-state index contributed by atoms with van der Waals surface area (Å²) in [6.07, 6.45) is 1.16. The van der Waals surface area contributed by atoms with Gasteiger partial charge in [0, 0.05) is 32.7 Å². The lowest BCUT2D eigenvalue weighted by Gasteiger charge is -2.25. The minimum Gasteiger partial charge on any atom is -0.491 e. The Bertz CT molecular complexity index is 525. The third-order valence-electron chi connectivity index (χ3n) is 4.14. The minimum atomic E-state index is 0.207. The summed E-state index contributed by atoms with van der Waals surface area (Å²) in [5.41, 5.74) is 1.29. The highest BCUT2D eigenvalue weighted by atomic mass is 16.5. The van der Waals surface area contributed by atoms with E-state index in [1.807, 2.05) is 26.0 Å². The van der Waals surface area contributed by atoms with Crippen molar-refractivity contribution in [3.8, 4) is 5.75 Å². The maximum atomic E-state index is 5.68. The van der Waals surface area contributed by atoms with Gasteiger partial charge in [-0.1, -0.05) is 12.1 Å². The van der Waals surface area contributed by atoms with Gasteiger partial charge >= 0.3 is 0 Å². The van der Waals surface area contributed by atoms with Crippen molar-refractivity contribution in [2.45, 2.75) is 33.3 Å². The summed E-state index contributed by atoms with van der Waals surface area (Å²) in [5, 5.41) is 6.73. The Morgan fingerprint density at radius 1 is 1.19 bits per heavy atom. The number of nitrogens with zero attached hydrogens (tertiary/aromatic N) is 2. The van der Waals surface area contributed by atoms with Gasteiger partial charge in [0.15, 0.2) is 5.96 Å². The van der Waals surface area contributed by atoms with E-state index in [9.17, 15) is 0 Å². The van der Waals surface area contributed by atoms with Gasteiger partial charge in [0.1, 0.15) is 5.75 Å². The molecule has 0 aromatic heterocycles. The Labute approximate surface area is 158 Å². The van der Waals surface area contributed by atoms with Crippen LogP contribution < -0.4 is 15.4 Å². The van der Waals surface area contributed by atoms with E-state index in [0.29, 0.717) is 0 Å². The number of benzene rings is 1. The molecule has 6 heteroatoms. The number of ether oxygens (including phenoxy) is 2. The predicted octanol–water partition coefficient (Wildman–Crippen LogP) is 1.90. The number of hydrogen-bond acceptors (Lipinski definition) is 4. The van der Waals surface area contributed by atoms with Crippen LogP contribution >= 0.6 is 0 Å². The molecule has 1 aliphatic heterocycles. The topological polar surface area (TPSA) is 58.1 Å². The summed E-state index contributed by atoms with van der Waals surface area (Å²) in [7, 11) is 0. The van der Waals surface area contributed by atoms with E-state index in [-0.39, 0.29) is 6.10 Å². The highest BCUT2D eigenvalue weighted by Gasteiger charge is 2.09. The van der Waals surface area contributed by atoms with Gasteiger partial charge in [-0.05, 0) is 44.9 Å². The second-order valence-electron chi connectivity index (χ2n) is 6.70. The second kappa shape index (κ2) is 11.8. The molecule has 1 aromatic carbocycles. The van der Waals surface area contributed by atoms with Gasteiger partial charge in [-0.2, -0.15) is 0 Å². The molecule has 0 saturated carbocycles. The number of aliphatic imine (C=N–C) groups is 1. The molecule has 0 amide bonds. The lowest BCUT2D eigenvalue weighted by atomic mass is 10.1. The molecule has 0 atom stereocenters. The fourth-order valence-corrected chi connectivity index (χ4v) is 2.80. The van der Waals surface area contributed by atoms with Gasteiger partial charge in [-0.25, -0.2) is 0 Å². The van der Waals surface area contributed by atoms with Crippen molar-refractivity contribution < 1.29 is 9.47 Å². The zero-order valence-corrected chi connectivity index (χ0v) is 16.5. The molecule has 2 rings (SSSR count). The average Bonchev–Trinajstić information content (AvgIpc) is 2.63. The molecule has 6 nitrogen and oxygen atoms in total. The zero-order chi connectivity index (χ0) is 18.6. The van der Waals surface area contributed by atoms with E-state index in [4.69, 9.17) is 9.47 Å². The summed E-state index contributed by atoms with van der Waals surface area (Å²) in [6.45, 7) is 13.4. The molecule has 146 valence electrons. The van der Waals surface area contributed by atoms with Crippen molar-refractivity contribution in [1.29, 1.82) is 0 Å². The molecule has 1 aliphatic rings. The van der Waals surface area contributed by atoms with Crippen LogP contribution in [0.25, 0.3) is 0 Å². The first-order chi connectivity index (χ1) is 12.7. The van der Waals surface area contributed by atoms with Gasteiger partial charge in [0.05, 0.1) is 25.9 Å². The van der Waals surface area contributed by atoms with Crippen molar-refractivity contribution in [2.75, 3.05) is 52.5 Å². The van der Waals surface area contributed by atoms with Crippen molar-refractivity contribution >= 4 is 5.96 Å². The summed E-state index contributed by atoms with van der Waals surface area (Å²) < 4.78 is 11.1. The van der Waals surface area contributed by atoms with Crippen LogP contribution in [0.3, 0.4) is 0 Å².